The molecular formula is C22H15ClN2. The van der Waals surface area contributed by atoms with Gasteiger partial charge in [0.2, 0.25) is 0 Å². The first kappa shape index (κ1) is 14.5. The first-order valence-electron chi connectivity index (χ1n) is 8.30. The van der Waals surface area contributed by atoms with Crippen molar-refractivity contribution in [3.63, 3.8) is 0 Å². The van der Waals surface area contributed by atoms with E-state index in [1.165, 1.54) is 22.4 Å². The number of fused-ring (bicyclic) bond motifs is 4. The van der Waals surface area contributed by atoms with E-state index in [-0.39, 0.29) is 0 Å². The highest BCUT2D eigenvalue weighted by Crippen LogP contribution is 2.44. The number of hydrogen-bond acceptors (Lipinski definition) is 2. The second-order valence-electron chi connectivity index (χ2n) is 6.26. The molecule has 4 aromatic rings. The minimum atomic E-state index is 0.772. The molecule has 1 aliphatic heterocycles. The van der Waals surface area contributed by atoms with Crippen LogP contribution in [0.2, 0.25) is 5.02 Å². The van der Waals surface area contributed by atoms with E-state index in [2.05, 4.69) is 70.5 Å². The number of rotatable bonds is 1. The number of para-hydroxylation sites is 2. The Kier molecular flexibility index (Phi) is 3.25. The van der Waals surface area contributed by atoms with Crippen molar-refractivity contribution in [2.75, 3.05) is 4.90 Å². The summed E-state index contributed by atoms with van der Waals surface area (Å²) in [7, 11) is 0. The third kappa shape index (κ3) is 2.30. The van der Waals surface area contributed by atoms with Gasteiger partial charge in [-0.2, -0.15) is 0 Å². The van der Waals surface area contributed by atoms with Crippen LogP contribution in [0, 0.1) is 0 Å². The number of pyridine rings is 1. The Balaban J connectivity index is 1.77. The maximum atomic E-state index is 6.25. The Hall–Kier alpha value is -2.84. The van der Waals surface area contributed by atoms with E-state index in [9.17, 15) is 0 Å². The fourth-order valence-electron chi connectivity index (χ4n) is 3.65. The summed E-state index contributed by atoms with van der Waals surface area (Å²) in [6.07, 6.45) is 1.86. The lowest BCUT2D eigenvalue weighted by Crippen LogP contribution is -2.21. The summed E-state index contributed by atoms with van der Waals surface area (Å²) >= 11 is 6.25. The SMILES string of the molecule is Clc1ccc2c(c1)-c1ccccc1N(c1cccc3cccnc13)C2. The van der Waals surface area contributed by atoms with Crippen molar-refractivity contribution >= 4 is 33.9 Å². The van der Waals surface area contributed by atoms with Gasteiger partial charge in [-0.3, -0.25) is 4.98 Å². The number of benzene rings is 3. The average Bonchev–Trinajstić information content (AvgIpc) is 2.67. The van der Waals surface area contributed by atoms with Gasteiger partial charge in [-0.15, -0.1) is 0 Å². The molecule has 0 atom stereocenters. The number of halogens is 1. The van der Waals surface area contributed by atoms with Crippen LogP contribution in [-0.4, -0.2) is 4.98 Å². The molecule has 3 heteroatoms. The summed E-state index contributed by atoms with van der Waals surface area (Å²) in [6, 6.07) is 25.1. The monoisotopic (exact) mass is 342 g/mol. The van der Waals surface area contributed by atoms with Crippen LogP contribution in [0.1, 0.15) is 5.56 Å². The van der Waals surface area contributed by atoms with E-state index in [1.807, 2.05) is 18.3 Å². The van der Waals surface area contributed by atoms with Crippen LogP contribution in [0.4, 0.5) is 11.4 Å². The van der Waals surface area contributed by atoms with Crippen LogP contribution < -0.4 is 4.90 Å². The molecule has 0 spiro atoms. The Morgan fingerprint density at radius 2 is 1.64 bits per heavy atom. The standard InChI is InChI=1S/C22H15ClN2/c23-17-11-10-16-14-25(20-8-2-1-7-18(20)19(16)13-17)21-9-3-5-15-6-4-12-24-22(15)21/h1-13H,14H2. The third-order valence-electron chi connectivity index (χ3n) is 4.79. The van der Waals surface area contributed by atoms with E-state index < -0.39 is 0 Å². The molecule has 120 valence electrons. The Bertz CT molecular complexity index is 1100. The lowest BCUT2D eigenvalue weighted by atomic mass is 9.93. The zero-order valence-corrected chi connectivity index (χ0v) is 14.2. The summed E-state index contributed by atoms with van der Waals surface area (Å²) in [4.78, 5) is 6.98. The average molecular weight is 343 g/mol. The van der Waals surface area contributed by atoms with Gasteiger partial charge < -0.3 is 4.90 Å². The van der Waals surface area contributed by atoms with Gasteiger partial charge in [0.15, 0.2) is 0 Å². The molecule has 0 unspecified atom stereocenters. The minimum Gasteiger partial charge on any atom is -0.335 e. The molecule has 0 saturated carbocycles. The Morgan fingerprint density at radius 3 is 2.60 bits per heavy atom. The van der Waals surface area contributed by atoms with Crippen molar-refractivity contribution in [3.8, 4) is 11.1 Å². The zero-order chi connectivity index (χ0) is 16.8. The summed E-state index contributed by atoms with van der Waals surface area (Å²) in [5.74, 6) is 0. The molecule has 2 nitrogen and oxygen atoms in total. The zero-order valence-electron chi connectivity index (χ0n) is 13.5. The van der Waals surface area contributed by atoms with E-state index in [4.69, 9.17) is 11.6 Å². The lowest BCUT2D eigenvalue weighted by molar-refractivity contribution is 0.964. The predicted molar refractivity (Wildman–Crippen MR) is 104 cm³/mol. The Labute approximate surface area is 151 Å². The molecule has 0 bridgehead atoms. The molecular weight excluding hydrogens is 328 g/mol. The van der Waals surface area contributed by atoms with Gasteiger partial charge in [-0.05, 0) is 41.5 Å². The fraction of sp³-hybridized carbons (Fsp3) is 0.0455. The van der Waals surface area contributed by atoms with Crippen LogP contribution >= 0.6 is 11.6 Å². The minimum absolute atomic E-state index is 0.772. The van der Waals surface area contributed by atoms with Crippen molar-refractivity contribution in [2.45, 2.75) is 6.54 Å². The normalized spacial score (nSPS) is 12.8. The van der Waals surface area contributed by atoms with Gasteiger partial charge in [0.05, 0.1) is 11.2 Å². The topological polar surface area (TPSA) is 16.1 Å². The highest BCUT2D eigenvalue weighted by Gasteiger charge is 2.24. The van der Waals surface area contributed by atoms with Crippen LogP contribution in [-0.2, 0) is 6.54 Å². The maximum absolute atomic E-state index is 6.25. The molecule has 0 radical (unpaired) electrons. The van der Waals surface area contributed by atoms with E-state index >= 15 is 0 Å². The van der Waals surface area contributed by atoms with Crippen LogP contribution in [0.3, 0.4) is 0 Å². The van der Waals surface area contributed by atoms with Gasteiger partial charge in [-0.1, -0.05) is 54.1 Å². The summed E-state index contributed by atoms with van der Waals surface area (Å²) in [5, 5.41) is 1.92. The van der Waals surface area contributed by atoms with Crippen molar-refractivity contribution in [3.05, 3.63) is 89.6 Å². The van der Waals surface area contributed by atoms with Gasteiger partial charge >= 0.3 is 0 Å². The second kappa shape index (κ2) is 5.61. The Morgan fingerprint density at radius 1 is 0.800 bits per heavy atom. The second-order valence-corrected chi connectivity index (χ2v) is 6.69. The largest absolute Gasteiger partial charge is 0.335 e. The first-order valence-corrected chi connectivity index (χ1v) is 8.68. The van der Waals surface area contributed by atoms with E-state index in [0.29, 0.717) is 0 Å². The number of anilines is 2. The molecule has 0 N–H and O–H groups in total. The molecule has 5 rings (SSSR count). The van der Waals surface area contributed by atoms with Crippen molar-refractivity contribution < 1.29 is 0 Å². The number of aromatic nitrogens is 1. The van der Waals surface area contributed by atoms with E-state index in [0.717, 1.165) is 28.2 Å². The third-order valence-corrected chi connectivity index (χ3v) is 5.02. The van der Waals surface area contributed by atoms with Crippen molar-refractivity contribution in [2.24, 2.45) is 0 Å². The molecule has 3 aromatic carbocycles. The molecule has 1 aliphatic rings. The smallest absolute Gasteiger partial charge is 0.0938 e. The summed E-state index contributed by atoms with van der Waals surface area (Å²) in [5.41, 5.74) is 7.04. The molecule has 0 amide bonds. The highest BCUT2D eigenvalue weighted by atomic mass is 35.5. The van der Waals surface area contributed by atoms with Crippen molar-refractivity contribution in [1.82, 2.24) is 4.98 Å². The molecule has 0 saturated heterocycles. The van der Waals surface area contributed by atoms with Gasteiger partial charge in [0, 0.05) is 34.4 Å². The van der Waals surface area contributed by atoms with E-state index in [1.54, 1.807) is 0 Å². The highest BCUT2D eigenvalue weighted by molar-refractivity contribution is 6.31. The van der Waals surface area contributed by atoms with Crippen LogP contribution in [0.5, 0.6) is 0 Å². The molecule has 0 fully saturated rings. The van der Waals surface area contributed by atoms with Crippen molar-refractivity contribution in [1.29, 1.82) is 0 Å². The van der Waals surface area contributed by atoms with Crippen LogP contribution in [0.15, 0.2) is 79.0 Å². The first-order chi connectivity index (χ1) is 12.3. The summed E-state index contributed by atoms with van der Waals surface area (Å²) < 4.78 is 0. The quantitative estimate of drug-likeness (QED) is 0.409. The maximum Gasteiger partial charge on any atom is 0.0938 e. The predicted octanol–water partition coefficient (Wildman–Crippen LogP) is 6.21. The molecule has 1 aromatic heterocycles. The van der Waals surface area contributed by atoms with Gasteiger partial charge in [0.25, 0.3) is 0 Å². The number of hydrogen-bond donors (Lipinski definition) is 0. The van der Waals surface area contributed by atoms with Crippen LogP contribution in [0.25, 0.3) is 22.0 Å². The fourth-order valence-corrected chi connectivity index (χ4v) is 3.82. The summed E-state index contributed by atoms with van der Waals surface area (Å²) in [6.45, 7) is 0.805. The lowest BCUT2D eigenvalue weighted by Gasteiger charge is -2.33. The van der Waals surface area contributed by atoms with Gasteiger partial charge in [0.1, 0.15) is 0 Å². The molecule has 2 heterocycles. The molecule has 0 aliphatic carbocycles. The number of nitrogens with zero attached hydrogens (tertiary/aromatic N) is 2. The van der Waals surface area contributed by atoms with Gasteiger partial charge in [-0.25, -0.2) is 0 Å². The molecule has 25 heavy (non-hydrogen) atoms.